The molecule has 2 aromatic heterocycles. The lowest BCUT2D eigenvalue weighted by Gasteiger charge is -2.34. The molecule has 2 atom stereocenters. The van der Waals surface area contributed by atoms with E-state index >= 15 is 0 Å². The zero-order chi connectivity index (χ0) is 22.6. The van der Waals surface area contributed by atoms with Gasteiger partial charge in [0.1, 0.15) is 17.8 Å². The summed E-state index contributed by atoms with van der Waals surface area (Å²) >= 11 is 0. The molecule has 0 bridgehead atoms. The Bertz CT molecular complexity index is 1100. The lowest BCUT2D eigenvalue weighted by atomic mass is 9.90. The maximum Gasteiger partial charge on any atom is 0.319 e. The van der Waals surface area contributed by atoms with E-state index in [-0.39, 0.29) is 6.03 Å². The molecule has 2 unspecified atom stereocenters. The van der Waals surface area contributed by atoms with Gasteiger partial charge in [-0.1, -0.05) is 18.6 Å². The minimum absolute atomic E-state index is 0.132. The van der Waals surface area contributed by atoms with Crippen molar-refractivity contribution in [2.75, 3.05) is 43.4 Å². The monoisotopic (exact) mass is 447 g/mol. The predicted octanol–water partition coefficient (Wildman–Crippen LogP) is 3.95. The highest BCUT2D eigenvalue weighted by molar-refractivity contribution is 5.89. The van der Waals surface area contributed by atoms with Crippen LogP contribution in [0.3, 0.4) is 0 Å². The maximum absolute atomic E-state index is 12.5. The van der Waals surface area contributed by atoms with Gasteiger partial charge in [0, 0.05) is 43.5 Å². The SMILES string of the molecule is CN1CCCCC1CNC(=O)Nc1cccc(C2CCCN(c3ncnc4[nH]ccc34)C2)c1. The fourth-order valence-corrected chi connectivity index (χ4v) is 5.21. The van der Waals surface area contributed by atoms with Crippen LogP contribution in [0.2, 0.25) is 0 Å². The first-order valence-corrected chi connectivity index (χ1v) is 12.1. The fraction of sp³-hybridized carbons (Fsp3) is 0.480. The number of amides is 2. The van der Waals surface area contributed by atoms with Crippen molar-refractivity contribution in [3.05, 3.63) is 48.4 Å². The smallest absolute Gasteiger partial charge is 0.319 e. The van der Waals surface area contributed by atoms with Crippen LogP contribution in [0.25, 0.3) is 11.0 Å². The summed E-state index contributed by atoms with van der Waals surface area (Å²) in [6, 6.07) is 10.6. The average molecular weight is 448 g/mol. The number of fused-ring (bicyclic) bond motifs is 1. The number of carbonyl (C=O) groups is 1. The number of benzene rings is 1. The van der Waals surface area contributed by atoms with Crippen LogP contribution in [-0.4, -0.2) is 65.2 Å². The molecule has 1 aromatic carbocycles. The lowest BCUT2D eigenvalue weighted by Crippen LogP contribution is -2.45. The summed E-state index contributed by atoms with van der Waals surface area (Å²) in [5.74, 6) is 1.38. The summed E-state index contributed by atoms with van der Waals surface area (Å²) in [5.41, 5.74) is 2.97. The minimum Gasteiger partial charge on any atom is -0.355 e. The van der Waals surface area contributed by atoms with Gasteiger partial charge in [-0.05, 0) is 63.0 Å². The zero-order valence-corrected chi connectivity index (χ0v) is 19.3. The number of likely N-dealkylation sites (N-methyl/N-ethyl adjacent to an activating group) is 1. The number of nitrogens with one attached hydrogen (secondary N) is 3. The Morgan fingerprint density at radius 1 is 1.15 bits per heavy atom. The summed E-state index contributed by atoms with van der Waals surface area (Å²) in [4.78, 5) is 29.3. The van der Waals surface area contributed by atoms with E-state index in [1.54, 1.807) is 6.33 Å². The van der Waals surface area contributed by atoms with Gasteiger partial charge in [-0.25, -0.2) is 14.8 Å². The fourth-order valence-electron chi connectivity index (χ4n) is 5.21. The van der Waals surface area contributed by atoms with E-state index in [4.69, 9.17) is 0 Å². The highest BCUT2D eigenvalue weighted by Crippen LogP contribution is 2.32. The Morgan fingerprint density at radius 2 is 2.09 bits per heavy atom. The molecule has 0 radical (unpaired) electrons. The molecule has 4 heterocycles. The topological polar surface area (TPSA) is 89.2 Å². The summed E-state index contributed by atoms with van der Waals surface area (Å²) in [7, 11) is 2.14. The number of urea groups is 1. The average Bonchev–Trinajstić information content (AvgIpc) is 3.33. The van der Waals surface area contributed by atoms with E-state index in [0.29, 0.717) is 18.5 Å². The van der Waals surface area contributed by atoms with Gasteiger partial charge in [0.15, 0.2) is 0 Å². The van der Waals surface area contributed by atoms with Crippen molar-refractivity contribution in [2.24, 2.45) is 0 Å². The van der Waals surface area contributed by atoms with Crippen molar-refractivity contribution >= 4 is 28.6 Å². The Hall–Kier alpha value is -3.13. The number of H-pyrrole nitrogens is 1. The molecule has 2 aliphatic heterocycles. The number of nitrogens with zero attached hydrogens (tertiary/aromatic N) is 4. The molecule has 8 heteroatoms. The van der Waals surface area contributed by atoms with E-state index in [1.807, 2.05) is 24.4 Å². The third kappa shape index (κ3) is 4.95. The van der Waals surface area contributed by atoms with Crippen molar-refractivity contribution in [3.8, 4) is 0 Å². The van der Waals surface area contributed by atoms with Crippen LogP contribution in [0.1, 0.15) is 43.6 Å². The van der Waals surface area contributed by atoms with E-state index in [2.05, 4.69) is 54.6 Å². The maximum atomic E-state index is 12.5. The summed E-state index contributed by atoms with van der Waals surface area (Å²) in [5, 5.41) is 7.15. The van der Waals surface area contributed by atoms with Gasteiger partial charge in [0.2, 0.25) is 0 Å². The van der Waals surface area contributed by atoms with Crippen molar-refractivity contribution in [1.29, 1.82) is 0 Å². The number of anilines is 2. The molecule has 8 nitrogen and oxygen atoms in total. The highest BCUT2D eigenvalue weighted by Gasteiger charge is 2.24. The Balaban J connectivity index is 1.22. The number of piperidine rings is 2. The normalized spacial score (nSPS) is 21.8. The second kappa shape index (κ2) is 9.79. The molecule has 2 aliphatic rings. The molecular formula is C25H33N7O. The van der Waals surface area contributed by atoms with Gasteiger partial charge in [0.05, 0.1) is 5.39 Å². The third-order valence-corrected chi connectivity index (χ3v) is 7.09. The first-order valence-electron chi connectivity index (χ1n) is 12.1. The number of hydrogen-bond acceptors (Lipinski definition) is 5. The highest BCUT2D eigenvalue weighted by atomic mass is 16.2. The largest absolute Gasteiger partial charge is 0.355 e. The number of rotatable bonds is 5. The van der Waals surface area contributed by atoms with Gasteiger partial charge in [-0.15, -0.1) is 0 Å². The van der Waals surface area contributed by atoms with Crippen molar-refractivity contribution in [2.45, 2.75) is 44.1 Å². The van der Waals surface area contributed by atoms with E-state index in [0.717, 1.165) is 61.4 Å². The zero-order valence-electron chi connectivity index (χ0n) is 19.3. The second-order valence-corrected chi connectivity index (χ2v) is 9.31. The Labute approximate surface area is 194 Å². The van der Waals surface area contributed by atoms with Gasteiger partial charge < -0.3 is 25.4 Å². The van der Waals surface area contributed by atoms with Crippen molar-refractivity contribution in [3.63, 3.8) is 0 Å². The number of likely N-dealkylation sites (tertiary alicyclic amines) is 1. The first kappa shape index (κ1) is 21.7. The standard InChI is InChI=1S/C25H33N7O/c1-31-12-3-2-9-21(31)15-27-25(33)30-20-8-4-6-18(14-20)19-7-5-13-32(16-19)24-22-10-11-26-23(22)28-17-29-24/h4,6,8,10-11,14,17,19,21H,2-3,5,7,9,12-13,15-16H2,1H3,(H,26,28,29)(H2,27,30,33). The van der Waals surface area contributed by atoms with Crippen LogP contribution in [-0.2, 0) is 0 Å². The molecule has 3 aromatic rings. The predicted molar refractivity (Wildman–Crippen MR) is 132 cm³/mol. The molecule has 3 N–H and O–H groups in total. The molecule has 2 saturated heterocycles. The Morgan fingerprint density at radius 3 is 3.00 bits per heavy atom. The van der Waals surface area contributed by atoms with Gasteiger partial charge >= 0.3 is 6.03 Å². The number of aromatic amines is 1. The molecule has 0 spiro atoms. The van der Waals surface area contributed by atoms with Crippen LogP contribution >= 0.6 is 0 Å². The van der Waals surface area contributed by atoms with Crippen LogP contribution in [0.4, 0.5) is 16.3 Å². The van der Waals surface area contributed by atoms with Gasteiger partial charge in [0.25, 0.3) is 0 Å². The summed E-state index contributed by atoms with van der Waals surface area (Å²) < 4.78 is 0. The van der Waals surface area contributed by atoms with E-state index in [1.165, 1.54) is 18.4 Å². The summed E-state index contributed by atoms with van der Waals surface area (Å²) in [6.07, 6.45) is 9.41. The van der Waals surface area contributed by atoms with Crippen molar-refractivity contribution < 1.29 is 4.79 Å². The molecule has 2 fully saturated rings. The van der Waals surface area contributed by atoms with Crippen LogP contribution in [0.5, 0.6) is 0 Å². The van der Waals surface area contributed by atoms with Gasteiger partial charge in [-0.3, -0.25) is 0 Å². The van der Waals surface area contributed by atoms with E-state index in [9.17, 15) is 4.79 Å². The van der Waals surface area contributed by atoms with E-state index < -0.39 is 0 Å². The quantitative estimate of drug-likeness (QED) is 0.551. The van der Waals surface area contributed by atoms with Crippen LogP contribution in [0, 0.1) is 0 Å². The molecule has 33 heavy (non-hydrogen) atoms. The van der Waals surface area contributed by atoms with Gasteiger partial charge in [-0.2, -0.15) is 0 Å². The summed E-state index contributed by atoms with van der Waals surface area (Å²) in [6.45, 7) is 3.69. The molecule has 0 aliphatic carbocycles. The van der Waals surface area contributed by atoms with Crippen LogP contribution in [0.15, 0.2) is 42.9 Å². The van der Waals surface area contributed by atoms with Crippen LogP contribution < -0.4 is 15.5 Å². The molecule has 0 saturated carbocycles. The Kier molecular flexibility index (Phi) is 6.44. The molecular weight excluding hydrogens is 414 g/mol. The second-order valence-electron chi connectivity index (χ2n) is 9.31. The number of carbonyl (C=O) groups excluding carboxylic acids is 1. The molecule has 5 rings (SSSR count). The number of hydrogen-bond donors (Lipinski definition) is 3. The lowest BCUT2D eigenvalue weighted by molar-refractivity contribution is 0.182. The third-order valence-electron chi connectivity index (χ3n) is 7.09. The minimum atomic E-state index is -0.132. The van der Waals surface area contributed by atoms with Crippen molar-refractivity contribution in [1.82, 2.24) is 25.2 Å². The molecule has 174 valence electrons. The molecule has 2 amide bonds. The first-order chi connectivity index (χ1) is 16.2. The number of aromatic nitrogens is 3.